The van der Waals surface area contributed by atoms with Gasteiger partial charge in [-0.2, -0.15) is 0 Å². The van der Waals surface area contributed by atoms with Crippen LogP contribution in [0, 0.1) is 46.3 Å². The van der Waals surface area contributed by atoms with E-state index < -0.39 is 75.4 Å². The predicted octanol–water partition coefficient (Wildman–Crippen LogP) is 19.4. The number of carbonyl (C=O) groups is 4. The van der Waals surface area contributed by atoms with Crippen molar-refractivity contribution in [3.05, 3.63) is 309 Å². The first kappa shape index (κ1) is 94.6. The standard InChI is InChI=1S/C22H21Cl2N3O3S.2C21H16Cl2FN3O4S.C20H18Cl2N4O3S/c1-14(2)27(17-7-5-4-6-8-17)22(28)21-20(12-16(23)13-25-21)26-31(29,30)18-9-10-19(24)15(3)11-18;2*1-12-8-15(3-4-16(12)23)32(29,30)26-17-9-13(22)11-25-20(17)21(28)27-6-7-31-19-5-2-14(24)10-18(19)27;1-12-6-7-23-18(8-12)26(3)20(27)19-17(10-14(21)11-24-19)25-30(28,29)15-4-5-16(22)13(2)9-15/h4-14,26H,1-3H3;2*2-5,8-11,26H,6-7H2,1H3;4-11,25H,1-3H3. The van der Waals surface area contributed by atoms with E-state index in [1.165, 1.54) is 180 Å². The molecule has 2 aliphatic rings. The molecule has 0 saturated carbocycles. The third kappa shape index (κ3) is 23.2. The van der Waals surface area contributed by atoms with Crippen LogP contribution in [-0.4, -0.2) is 122 Å². The van der Waals surface area contributed by atoms with E-state index >= 15 is 0 Å². The van der Waals surface area contributed by atoms with Crippen LogP contribution in [0.5, 0.6) is 11.5 Å². The number of sulfonamides is 4. The number of hydrogen-bond acceptors (Lipinski definition) is 19. The van der Waals surface area contributed by atoms with Crippen molar-refractivity contribution in [2.75, 3.05) is 71.8 Å². The topological polar surface area (TPSA) is 349 Å². The molecule has 4 amide bonds. The van der Waals surface area contributed by atoms with Crippen LogP contribution in [0.25, 0.3) is 0 Å². The summed E-state index contributed by atoms with van der Waals surface area (Å²) in [7, 11) is -14.7. The van der Waals surface area contributed by atoms with Gasteiger partial charge in [-0.05, 0) is 222 Å². The smallest absolute Gasteiger partial charge is 0.279 e. The van der Waals surface area contributed by atoms with Gasteiger partial charge < -0.3 is 14.4 Å². The monoisotopic (exact) mass is 1930 g/mol. The van der Waals surface area contributed by atoms with Crippen molar-refractivity contribution in [2.24, 2.45) is 0 Å². The van der Waals surface area contributed by atoms with Gasteiger partial charge in [0.2, 0.25) is 0 Å². The molecule has 4 N–H and O–H groups in total. The highest BCUT2D eigenvalue weighted by atomic mass is 35.5. The number of para-hydroxylation sites is 1. The first-order valence-electron chi connectivity index (χ1n) is 36.9. The molecule has 5 aromatic heterocycles. The second-order valence-corrected chi connectivity index (χ2v) is 37.9. The summed E-state index contributed by atoms with van der Waals surface area (Å²) in [4.78, 5) is 78.9. The largest absolute Gasteiger partial charge is 0.490 e. The van der Waals surface area contributed by atoms with Crippen molar-refractivity contribution in [2.45, 2.75) is 74.1 Å². The lowest BCUT2D eigenvalue weighted by atomic mass is 10.2. The minimum atomic E-state index is -4.09. The van der Waals surface area contributed by atoms with E-state index in [1.54, 1.807) is 63.1 Å². The van der Waals surface area contributed by atoms with Crippen molar-refractivity contribution >= 4 is 202 Å². The van der Waals surface area contributed by atoms with Gasteiger partial charge in [0.25, 0.3) is 63.7 Å². The number of fused-ring (bicyclic) bond motifs is 2. The number of amides is 4. The summed E-state index contributed by atoms with van der Waals surface area (Å²) in [5, 5.41) is 2.35. The van der Waals surface area contributed by atoms with E-state index in [1.807, 2.05) is 39.0 Å². The number of carbonyl (C=O) groups excluding carboxylic acids is 4. The lowest BCUT2D eigenvalue weighted by Gasteiger charge is -2.29. The van der Waals surface area contributed by atoms with E-state index in [-0.39, 0.29) is 129 Å². The molecule has 0 atom stereocenters. The van der Waals surface area contributed by atoms with Crippen LogP contribution in [0.4, 0.5) is 54.4 Å². The van der Waals surface area contributed by atoms with Crippen molar-refractivity contribution < 1.29 is 71.1 Å². The molecule has 7 aromatic carbocycles. The summed E-state index contributed by atoms with van der Waals surface area (Å²) in [6.45, 7) is 13.0. The molecule has 12 aromatic rings. The van der Waals surface area contributed by atoms with Crippen LogP contribution in [0.15, 0.2) is 226 Å². The summed E-state index contributed by atoms with van der Waals surface area (Å²) in [6, 6.07) is 42.4. The molecule has 14 rings (SSSR count). The first-order chi connectivity index (χ1) is 59.0. The molecular formula is C84H71Cl8F2N13O14S4. The number of anilines is 8. The SMILES string of the molecule is Cc1cc(S(=O)(=O)Nc2cc(Cl)cnc2C(=O)N(c2ccccc2)C(C)C)ccc1Cl.Cc1cc(S(=O)(=O)Nc2cc(Cl)cnc2C(=O)N2CCOc3ccc(F)cc32)ccc1Cl.Cc1cc(S(=O)(=O)Nc2cc(Cl)cnc2C(=O)N2CCOc3ccc(F)cc32)ccc1Cl.Cc1ccnc(N(C)C(=O)c2ncc(Cl)cc2NS(=O)(=O)c2ccc(Cl)c(C)c2)c1. The second kappa shape index (κ2) is 40.1. The summed E-state index contributed by atoms with van der Waals surface area (Å²) in [5.74, 6) is -2.30. The number of pyridine rings is 5. The van der Waals surface area contributed by atoms with Crippen LogP contribution in [0.2, 0.25) is 40.2 Å². The van der Waals surface area contributed by atoms with Gasteiger partial charge in [0, 0.05) is 82.0 Å². The van der Waals surface area contributed by atoms with Crippen LogP contribution in [-0.2, 0) is 40.1 Å². The van der Waals surface area contributed by atoms with Crippen molar-refractivity contribution in [1.82, 2.24) is 24.9 Å². The number of rotatable bonds is 19. The Morgan fingerprint density at radius 2 is 0.736 bits per heavy atom. The molecule has 650 valence electrons. The summed E-state index contributed by atoms with van der Waals surface area (Å²) < 4.78 is 152. The molecule has 0 aliphatic carbocycles. The van der Waals surface area contributed by atoms with Gasteiger partial charge in [0.1, 0.15) is 42.2 Å². The maximum Gasteiger partial charge on any atom is 0.279 e. The number of hydrogen-bond donors (Lipinski definition) is 4. The van der Waals surface area contributed by atoms with E-state index in [9.17, 15) is 61.6 Å². The van der Waals surface area contributed by atoms with Gasteiger partial charge in [0.05, 0.1) is 86.9 Å². The molecule has 0 fully saturated rings. The highest BCUT2D eigenvalue weighted by Gasteiger charge is 2.34. The second-order valence-electron chi connectivity index (χ2n) is 27.8. The molecule has 2 aliphatic heterocycles. The van der Waals surface area contributed by atoms with Crippen molar-refractivity contribution in [3.8, 4) is 11.5 Å². The highest BCUT2D eigenvalue weighted by molar-refractivity contribution is 7.93. The van der Waals surface area contributed by atoms with Crippen LogP contribution in [0.1, 0.15) is 83.6 Å². The highest BCUT2D eigenvalue weighted by Crippen LogP contribution is 2.39. The van der Waals surface area contributed by atoms with Crippen molar-refractivity contribution in [3.63, 3.8) is 0 Å². The number of benzene rings is 7. The Morgan fingerprint density at radius 1 is 0.408 bits per heavy atom. The third-order valence-corrected chi connectivity index (χ3v) is 26.3. The minimum Gasteiger partial charge on any atom is -0.490 e. The van der Waals surface area contributed by atoms with Gasteiger partial charge in [-0.15, -0.1) is 0 Å². The Balaban J connectivity index is 0.000000162. The van der Waals surface area contributed by atoms with E-state index in [4.69, 9.17) is 102 Å². The average molecular weight is 1940 g/mol. The molecule has 0 radical (unpaired) electrons. The van der Waals surface area contributed by atoms with Gasteiger partial charge >= 0.3 is 0 Å². The van der Waals surface area contributed by atoms with Crippen LogP contribution < -0.4 is 48.0 Å². The van der Waals surface area contributed by atoms with Gasteiger partial charge in [-0.3, -0.25) is 52.8 Å². The molecule has 0 unspecified atom stereocenters. The Bertz CT molecular complexity index is 6500. The van der Waals surface area contributed by atoms with E-state index in [0.717, 1.165) is 5.56 Å². The third-order valence-electron chi connectivity index (χ3n) is 18.3. The lowest BCUT2D eigenvalue weighted by molar-refractivity contribution is 0.0965. The zero-order valence-electron chi connectivity index (χ0n) is 66.7. The van der Waals surface area contributed by atoms with Gasteiger partial charge in [-0.25, -0.2) is 67.4 Å². The summed E-state index contributed by atoms with van der Waals surface area (Å²) >= 11 is 48.1. The molecule has 125 heavy (non-hydrogen) atoms. The van der Waals surface area contributed by atoms with Crippen LogP contribution in [0.3, 0.4) is 0 Å². The average Bonchev–Trinajstić information content (AvgIpc) is 0.774. The van der Waals surface area contributed by atoms with E-state index in [2.05, 4.69) is 43.8 Å². The molecule has 0 spiro atoms. The van der Waals surface area contributed by atoms with Gasteiger partial charge in [-0.1, -0.05) is 111 Å². The molecule has 27 nitrogen and oxygen atoms in total. The normalized spacial score (nSPS) is 12.3. The molecule has 0 bridgehead atoms. The minimum absolute atomic E-state index is 0.00326. The predicted molar refractivity (Wildman–Crippen MR) is 482 cm³/mol. The Morgan fingerprint density at radius 3 is 1.06 bits per heavy atom. The van der Waals surface area contributed by atoms with Crippen molar-refractivity contribution in [1.29, 1.82) is 0 Å². The Hall–Kier alpha value is -11.1. The number of halogens is 10. The maximum absolute atomic E-state index is 13.8. The Kier molecular flexibility index (Phi) is 30.3. The Labute approximate surface area is 758 Å². The summed E-state index contributed by atoms with van der Waals surface area (Å²) in [5.41, 5.74) is 3.56. The van der Waals surface area contributed by atoms with Crippen LogP contribution >= 0.6 is 92.8 Å². The molecule has 7 heterocycles. The number of aromatic nitrogens is 5. The summed E-state index contributed by atoms with van der Waals surface area (Å²) in [6.07, 6.45) is 6.62. The first-order valence-corrected chi connectivity index (χ1v) is 45.8. The quantitative estimate of drug-likeness (QED) is 0.0584. The number of nitrogens with one attached hydrogen (secondary N) is 4. The molecule has 0 saturated heterocycles. The molecular weight excluding hydrogens is 1860 g/mol. The zero-order valence-corrected chi connectivity index (χ0v) is 76.0. The fourth-order valence-electron chi connectivity index (χ4n) is 12.1. The molecule has 41 heteroatoms. The fourth-order valence-corrected chi connectivity index (χ4v) is 17.8. The zero-order chi connectivity index (χ0) is 90.9. The fraction of sp³-hybridized carbons (Fsp3) is 0.155. The lowest BCUT2D eigenvalue weighted by Crippen LogP contribution is -2.39. The number of ether oxygens (including phenoxy) is 2. The maximum atomic E-state index is 13.8. The van der Waals surface area contributed by atoms with Gasteiger partial charge in [0.15, 0.2) is 22.8 Å². The number of aryl methyl sites for hydroxylation is 5. The number of nitrogens with zero attached hydrogens (tertiary/aromatic N) is 9. The van der Waals surface area contributed by atoms with E-state index in [0.29, 0.717) is 65.3 Å².